The Kier molecular flexibility index (Phi) is 2.77. The summed E-state index contributed by atoms with van der Waals surface area (Å²) in [6.07, 6.45) is 0.243. The van der Waals surface area contributed by atoms with E-state index in [4.69, 9.17) is 0 Å². The molecule has 3 heteroatoms. The van der Waals surface area contributed by atoms with Crippen LogP contribution >= 0.6 is 0 Å². The maximum absolute atomic E-state index is 11.8. The number of hydrogen-bond acceptors (Lipinski definition) is 2. The zero-order valence-corrected chi connectivity index (χ0v) is 10.4. The van der Waals surface area contributed by atoms with E-state index < -0.39 is 5.41 Å². The van der Waals surface area contributed by atoms with E-state index in [1.165, 1.54) is 5.56 Å². The number of amides is 2. The van der Waals surface area contributed by atoms with Crippen LogP contribution in [0.1, 0.15) is 44.2 Å². The molecule has 0 saturated carbocycles. The van der Waals surface area contributed by atoms with Crippen molar-refractivity contribution in [1.29, 1.82) is 0 Å². The molecule has 90 valence electrons. The minimum atomic E-state index is -0.702. The fourth-order valence-electron chi connectivity index (χ4n) is 2.18. The molecular weight excluding hydrogens is 214 g/mol. The lowest BCUT2D eigenvalue weighted by molar-refractivity contribution is -0.126. The van der Waals surface area contributed by atoms with Gasteiger partial charge < -0.3 is 0 Å². The molecule has 3 nitrogen and oxygen atoms in total. The number of carbonyl (C=O) groups excluding carboxylic acids is 2. The first-order valence-electron chi connectivity index (χ1n) is 5.88. The smallest absolute Gasteiger partial charge is 0.237 e. The molecule has 0 aromatic heterocycles. The summed E-state index contributed by atoms with van der Waals surface area (Å²) in [5.74, 6) is 0.0844. The van der Waals surface area contributed by atoms with Gasteiger partial charge in [0.1, 0.15) is 0 Å². The van der Waals surface area contributed by atoms with E-state index in [1.54, 1.807) is 0 Å². The first-order valence-corrected chi connectivity index (χ1v) is 5.88. The van der Waals surface area contributed by atoms with Crippen LogP contribution in [0.4, 0.5) is 0 Å². The van der Waals surface area contributed by atoms with Gasteiger partial charge in [-0.25, -0.2) is 0 Å². The topological polar surface area (TPSA) is 46.2 Å². The highest BCUT2D eigenvalue weighted by atomic mass is 16.2. The summed E-state index contributed by atoms with van der Waals surface area (Å²) in [4.78, 5) is 23.1. The molecule has 1 N–H and O–H groups in total. The van der Waals surface area contributed by atoms with Crippen molar-refractivity contribution in [1.82, 2.24) is 5.32 Å². The lowest BCUT2D eigenvalue weighted by Gasteiger charge is -2.20. The average molecular weight is 231 g/mol. The van der Waals surface area contributed by atoms with Crippen LogP contribution < -0.4 is 5.32 Å². The number of carbonyl (C=O) groups is 2. The maximum Gasteiger partial charge on any atom is 0.237 e. The third-order valence-corrected chi connectivity index (χ3v) is 3.48. The second-order valence-electron chi connectivity index (χ2n) is 5.16. The zero-order valence-electron chi connectivity index (χ0n) is 10.4. The minimum absolute atomic E-state index is 0.189. The lowest BCUT2D eigenvalue weighted by atomic mass is 9.80. The number of rotatable bonds is 2. The molecule has 0 radical (unpaired) electrons. The van der Waals surface area contributed by atoms with Crippen molar-refractivity contribution in [3.05, 3.63) is 35.4 Å². The van der Waals surface area contributed by atoms with Crippen LogP contribution in [0.2, 0.25) is 0 Å². The van der Waals surface area contributed by atoms with Gasteiger partial charge in [-0.1, -0.05) is 38.1 Å². The highest BCUT2D eigenvalue weighted by Gasteiger charge is 2.43. The summed E-state index contributed by atoms with van der Waals surface area (Å²) in [6.45, 7) is 6.07. The van der Waals surface area contributed by atoms with Gasteiger partial charge in [0.15, 0.2) is 0 Å². The molecule has 1 unspecified atom stereocenters. The standard InChI is InChI=1S/C14H17NO2/c1-9(2)10-4-6-11(7-5-10)14(3)8-12(16)15-13(14)17/h4-7,9H,8H2,1-3H3,(H,15,16,17). The Labute approximate surface area is 101 Å². The highest BCUT2D eigenvalue weighted by molar-refractivity contribution is 6.08. The third kappa shape index (κ3) is 1.97. The van der Waals surface area contributed by atoms with Crippen molar-refractivity contribution in [3.63, 3.8) is 0 Å². The fourth-order valence-corrected chi connectivity index (χ4v) is 2.18. The Morgan fingerprint density at radius 2 is 1.76 bits per heavy atom. The summed E-state index contributed by atoms with van der Waals surface area (Å²) >= 11 is 0. The van der Waals surface area contributed by atoms with Gasteiger partial charge in [0.2, 0.25) is 11.8 Å². The predicted octanol–water partition coefficient (Wildman–Crippen LogP) is 2.11. The van der Waals surface area contributed by atoms with Gasteiger partial charge >= 0.3 is 0 Å². The number of nitrogens with one attached hydrogen (secondary N) is 1. The molecule has 2 rings (SSSR count). The summed E-state index contributed by atoms with van der Waals surface area (Å²) < 4.78 is 0. The van der Waals surface area contributed by atoms with Crippen molar-refractivity contribution in [2.45, 2.75) is 38.5 Å². The molecule has 1 saturated heterocycles. The Balaban J connectivity index is 2.34. The summed E-state index contributed by atoms with van der Waals surface area (Å²) in [6, 6.07) is 7.96. The van der Waals surface area contributed by atoms with Crippen LogP contribution in [0.3, 0.4) is 0 Å². The van der Waals surface area contributed by atoms with Crippen molar-refractivity contribution < 1.29 is 9.59 Å². The van der Waals surface area contributed by atoms with E-state index in [-0.39, 0.29) is 18.2 Å². The molecular formula is C14H17NO2. The molecule has 1 aromatic rings. The van der Waals surface area contributed by atoms with Crippen LogP contribution in [-0.2, 0) is 15.0 Å². The number of benzene rings is 1. The number of hydrogen-bond donors (Lipinski definition) is 1. The molecule has 0 aliphatic carbocycles. The van der Waals surface area contributed by atoms with E-state index in [1.807, 2.05) is 31.2 Å². The molecule has 1 aliphatic rings. The largest absolute Gasteiger partial charge is 0.296 e. The molecule has 17 heavy (non-hydrogen) atoms. The van der Waals surface area contributed by atoms with Crippen molar-refractivity contribution in [2.75, 3.05) is 0 Å². The molecule has 1 atom stereocenters. The Morgan fingerprint density at radius 3 is 2.18 bits per heavy atom. The van der Waals surface area contributed by atoms with E-state index in [2.05, 4.69) is 19.2 Å². The monoisotopic (exact) mass is 231 g/mol. The third-order valence-electron chi connectivity index (χ3n) is 3.48. The Hall–Kier alpha value is -1.64. The summed E-state index contributed by atoms with van der Waals surface area (Å²) in [7, 11) is 0. The quantitative estimate of drug-likeness (QED) is 0.792. The van der Waals surface area contributed by atoms with Gasteiger partial charge in [0.05, 0.1) is 5.41 Å². The molecule has 1 aliphatic heterocycles. The van der Waals surface area contributed by atoms with Crippen molar-refractivity contribution >= 4 is 11.8 Å². The molecule has 0 bridgehead atoms. The summed E-state index contributed by atoms with van der Waals surface area (Å²) in [5.41, 5.74) is 1.44. The second-order valence-corrected chi connectivity index (χ2v) is 5.16. The van der Waals surface area contributed by atoms with Crippen LogP contribution in [0.25, 0.3) is 0 Å². The van der Waals surface area contributed by atoms with Gasteiger partial charge in [0.25, 0.3) is 0 Å². The van der Waals surface area contributed by atoms with Crippen molar-refractivity contribution in [3.8, 4) is 0 Å². The second kappa shape index (κ2) is 3.99. The van der Waals surface area contributed by atoms with Crippen LogP contribution in [0.15, 0.2) is 24.3 Å². The van der Waals surface area contributed by atoms with E-state index in [0.29, 0.717) is 5.92 Å². The molecule has 2 amide bonds. The molecule has 1 aromatic carbocycles. The van der Waals surface area contributed by atoms with Crippen LogP contribution in [-0.4, -0.2) is 11.8 Å². The van der Waals surface area contributed by atoms with Crippen LogP contribution in [0, 0.1) is 0 Å². The first-order chi connectivity index (χ1) is 7.93. The van der Waals surface area contributed by atoms with E-state index >= 15 is 0 Å². The van der Waals surface area contributed by atoms with Crippen LogP contribution in [0.5, 0.6) is 0 Å². The normalized spacial score (nSPS) is 24.2. The van der Waals surface area contributed by atoms with Gasteiger partial charge in [0, 0.05) is 6.42 Å². The molecule has 0 spiro atoms. The van der Waals surface area contributed by atoms with E-state index in [0.717, 1.165) is 5.56 Å². The zero-order chi connectivity index (χ0) is 12.6. The average Bonchev–Trinajstić information content (AvgIpc) is 2.54. The molecule has 1 heterocycles. The van der Waals surface area contributed by atoms with Gasteiger partial charge in [-0.2, -0.15) is 0 Å². The lowest BCUT2D eigenvalue weighted by Crippen LogP contribution is -2.32. The van der Waals surface area contributed by atoms with Gasteiger partial charge in [-0.15, -0.1) is 0 Å². The Bertz CT molecular complexity index is 462. The van der Waals surface area contributed by atoms with Gasteiger partial charge in [-0.3, -0.25) is 14.9 Å². The Morgan fingerprint density at radius 1 is 1.18 bits per heavy atom. The van der Waals surface area contributed by atoms with Gasteiger partial charge in [-0.05, 0) is 24.0 Å². The number of imide groups is 1. The summed E-state index contributed by atoms with van der Waals surface area (Å²) in [5, 5.41) is 2.37. The fraction of sp³-hybridized carbons (Fsp3) is 0.429. The molecule has 1 fully saturated rings. The first kappa shape index (κ1) is 11.8. The maximum atomic E-state index is 11.8. The minimum Gasteiger partial charge on any atom is -0.296 e. The van der Waals surface area contributed by atoms with Crippen molar-refractivity contribution in [2.24, 2.45) is 0 Å². The SMILES string of the molecule is CC(C)c1ccc(C2(C)CC(=O)NC2=O)cc1. The van der Waals surface area contributed by atoms with E-state index in [9.17, 15) is 9.59 Å². The highest BCUT2D eigenvalue weighted by Crippen LogP contribution is 2.32. The predicted molar refractivity (Wildman–Crippen MR) is 65.6 cm³/mol.